The second-order valence-corrected chi connectivity index (χ2v) is 0.224. The molecule has 0 saturated heterocycles. The van der Waals surface area contributed by atoms with Gasteiger partial charge in [-0.05, 0) is 0 Å². The van der Waals surface area contributed by atoms with Crippen LogP contribution in [0.25, 0.3) is 0 Å². The predicted molar refractivity (Wildman–Crippen MR) is 27.4 cm³/mol. The first-order chi connectivity index (χ1) is 1.73. The van der Waals surface area contributed by atoms with E-state index in [0.717, 1.165) is 0 Å². The molecule has 0 aliphatic rings. The molecule has 0 heterocycles. The molecular formula is H4NO3Pb2-. The van der Waals surface area contributed by atoms with E-state index < -0.39 is 5.09 Å². The van der Waals surface area contributed by atoms with E-state index in [1.54, 1.807) is 0 Å². The molecule has 6 heteroatoms. The SMILES string of the molecule is O=[N+]([O-])[O-].[PbH2].[PbH2]. The maximum atomic E-state index is 8.25. The molecule has 0 spiro atoms. The van der Waals surface area contributed by atoms with E-state index in [-0.39, 0.29) is 54.6 Å². The van der Waals surface area contributed by atoms with Gasteiger partial charge in [-0.1, -0.05) is 0 Å². The van der Waals surface area contributed by atoms with E-state index in [4.69, 9.17) is 15.3 Å². The Morgan fingerprint density at radius 2 is 1.17 bits per heavy atom. The summed E-state index contributed by atoms with van der Waals surface area (Å²) in [6.45, 7) is 0. The summed E-state index contributed by atoms with van der Waals surface area (Å²) in [5.74, 6) is 0. The third-order valence-corrected chi connectivity index (χ3v) is 0. The van der Waals surface area contributed by atoms with Crippen molar-refractivity contribution in [1.82, 2.24) is 0 Å². The Balaban J connectivity index is -0.0000000450. The van der Waals surface area contributed by atoms with Crippen LogP contribution in [0.2, 0.25) is 0 Å². The molecule has 0 atom stereocenters. The molecular weight excluding hydrogens is 476 g/mol. The molecule has 0 aliphatic carbocycles. The Kier molecular flexibility index (Phi) is 24.7. The number of rotatable bonds is 0. The van der Waals surface area contributed by atoms with Gasteiger partial charge in [-0.2, -0.15) is 0 Å². The van der Waals surface area contributed by atoms with Gasteiger partial charge in [0.05, 0.1) is 5.09 Å². The Morgan fingerprint density at radius 1 is 1.17 bits per heavy atom. The van der Waals surface area contributed by atoms with Crippen molar-refractivity contribution >= 4 is 54.6 Å². The molecule has 0 N–H and O–H groups in total. The van der Waals surface area contributed by atoms with E-state index >= 15 is 0 Å². The van der Waals surface area contributed by atoms with Crippen LogP contribution in [-0.2, 0) is 0 Å². The van der Waals surface area contributed by atoms with Gasteiger partial charge in [0.1, 0.15) is 0 Å². The second-order valence-electron chi connectivity index (χ2n) is 0.224. The van der Waals surface area contributed by atoms with E-state index in [0.29, 0.717) is 0 Å². The molecule has 4 nitrogen and oxygen atoms in total. The Morgan fingerprint density at radius 3 is 1.17 bits per heavy atom. The Bertz CT molecular complexity index is 31.8. The number of nitrogens with zero attached hydrogens (tertiary/aromatic N) is 1. The van der Waals surface area contributed by atoms with Crippen LogP contribution < -0.4 is 0 Å². The summed E-state index contributed by atoms with van der Waals surface area (Å²) >= 11 is 0. The summed E-state index contributed by atoms with van der Waals surface area (Å²) in [6.07, 6.45) is 0. The van der Waals surface area contributed by atoms with E-state index in [9.17, 15) is 0 Å². The van der Waals surface area contributed by atoms with Crippen LogP contribution in [0.5, 0.6) is 0 Å². The van der Waals surface area contributed by atoms with Crippen LogP contribution in [-0.4, -0.2) is 59.7 Å². The summed E-state index contributed by atoms with van der Waals surface area (Å²) < 4.78 is 0. The average Bonchev–Trinajstić information content (AvgIpc) is 0.811. The maximum absolute atomic E-state index is 8.25. The number of hydrogen-bond donors (Lipinski definition) is 0. The van der Waals surface area contributed by atoms with E-state index in [1.165, 1.54) is 0 Å². The molecule has 0 fully saturated rings. The van der Waals surface area contributed by atoms with E-state index in [1.807, 2.05) is 0 Å². The van der Waals surface area contributed by atoms with E-state index in [2.05, 4.69) is 0 Å². The van der Waals surface area contributed by atoms with Gasteiger partial charge in [0.15, 0.2) is 0 Å². The Hall–Kier alpha value is 1.04. The topological polar surface area (TPSA) is 66.2 Å². The quantitative estimate of drug-likeness (QED) is 0.227. The van der Waals surface area contributed by atoms with Gasteiger partial charge in [-0.15, -0.1) is 0 Å². The summed E-state index contributed by atoms with van der Waals surface area (Å²) in [5.41, 5.74) is 0. The first kappa shape index (κ1) is 15.7. The van der Waals surface area contributed by atoms with Crippen LogP contribution in [0, 0.1) is 15.3 Å². The Labute approximate surface area is 74.3 Å². The van der Waals surface area contributed by atoms with Gasteiger partial charge < -0.3 is 15.3 Å². The standard InChI is InChI=1S/NO3.2Pb.4H/c2-1(3)4;;;;;;/q-1;;;;;;. The zero-order chi connectivity index (χ0) is 3.58. The normalized spacial score (nSPS) is 4.00. The van der Waals surface area contributed by atoms with Gasteiger partial charge in [0, 0.05) is 0 Å². The molecule has 0 unspecified atom stereocenters. The molecule has 0 aromatic heterocycles. The van der Waals surface area contributed by atoms with Crippen molar-refractivity contribution in [1.29, 1.82) is 0 Å². The van der Waals surface area contributed by atoms with Crippen LogP contribution in [0.1, 0.15) is 0 Å². The molecule has 36 valence electrons. The first-order valence-corrected chi connectivity index (χ1v) is 0.548. The van der Waals surface area contributed by atoms with Crippen molar-refractivity contribution in [3.63, 3.8) is 0 Å². The minimum absolute atomic E-state index is 0. The number of hydrogen-bond acceptors (Lipinski definition) is 3. The predicted octanol–water partition coefficient (Wildman–Crippen LogP) is -2.07. The molecule has 4 radical (unpaired) electrons. The fourth-order valence-corrected chi connectivity index (χ4v) is 0. The van der Waals surface area contributed by atoms with Crippen molar-refractivity contribution in [3.8, 4) is 0 Å². The van der Waals surface area contributed by atoms with Gasteiger partial charge >= 0.3 is 54.6 Å². The molecule has 0 rings (SSSR count). The zero-order valence-electron chi connectivity index (χ0n) is 3.09. The van der Waals surface area contributed by atoms with Crippen molar-refractivity contribution in [2.45, 2.75) is 0 Å². The minimum atomic E-state index is -1.75. The fourth-order valence-electron chi connectivity index (χ4n) is 0. The third kappa shape index (κ3) is 75.7. The van der Waals surface area contributed by atoms with Crippen molar-refractivity contribution in [2.24, 2.45) is 0 Å². The van der Waals surface area contributed by atoms with Gasteiger partial charge in [0.2, 0.25) is 0 Å². The van der Waals surface area contributed by atoms with Crippen molar-refractivity contribution in [2.75, 3.05) is 0 Å². The molecule has 6 heavy (non-hydrogen) atoms. The summed E-state index contributed by atoms with van der Waals surface area (Å²) in [6, 6.07) is 0. The first-order valence-electron chi connectivity index (χ1n) is 0.548. The van der Waals surface area contributed by atoms with Crippen LogP contribution >= 0.6 is 0 Å². The summed E-state index contributed by atoms with van der Waals surface area (Å²) in [4.78, 5) is 8.25. The van der Waals surface area contributed by atoms with Crippen LogP contribution in [0.4, 0.5) is 0 Å². The molecule has 0 bridgehead atoms. The monoisotopic (exact) mass is 482 g/mol. The molecule has 0 amide bonds. The zero-order valence-corrected chi connectivity index (χ0v) is 14.1. The van der Waals surface area contributed by atoms with Gasteiger partial charge in [-0.3, -0.25) is 0 Å². The van der Waals surface area contributed by atoms with Crippen molar-refractivity contribution < 1.29 is 5.09 Å². The summed E-state index contributed by atoms with van der Waals surface area (Å²) in [7, 11) is 0. The van der Waals surface area contributed by atoms with Crippen molar-refractivity contribution in [3.05, 3.63) is 15.3 Å². The average molecular weight is 480 g/mol. The molecule has 0 aromatic rings. The van der Waals surface area contributed by atoms with Gasteiger partial charge in [-0.25, -0.2) is 0 Å². The second kappa shape index (κ2) is 9.40. The van der Waals surface area contributed by atoms with Crippen LogP contribution in [0.15, 0.2) is 0 Å². The van der Waals surface area contributed by atoms with Crippen LogP contribution in [0.3, 0.4) is 0 Å². The summed E-state index contributed by atoms with van der Waals surface area (Å²) in [5, 5.41) is 14.8. The van der Waals surface area contributed by atoms with Gasteiger partial charge in [0.25, 0.3) is 0 Å². The molecule has 0 saturated carbocycles. The molecule has 0 aliphatic heterocycles. The fraction of sp³-hybridized carbons (Fsp3) is 0. The molecule has 0 aromatic carbocycles. The third-order valence-electron chi connectivity index (χ3n) is 0.